The Hall–Kier alpha value is -2.54. The number of carbonyl (C=O) groups is 1. The van der Waals surface area contributed by atoms with Crippen molar-refractivity contribution in [2.24, 2.45) is 0 Å². The van der Waals surface area contributed by atoms with Gasteiger partial charge in [0.25, 0.3) is 5.91 Å². The number of carbonyl (C=O) groups excluding carboxylic acids is 1. The van der Waals surface area contributed by atoms with Crippen LogP contribution in [0, 0.1) is 5.82 Å². The minimum atomic E-state index is -0.404. The third-order valence-corrected chi connectivity index (χ3v) is 5.13. The lowest BCUT2D eigenvalue weighted by Gasteiger charge is -2.27. The van der Waals surface area contributed by atoms with Crippen LogP contribution in [0.4, 0.5) is 10.3 Å². The van der Waals surface area contributed by atoms with Gasteiger partial charge in [-0.25, -0.2) is 14.4 Å². The first kappa shape index (κ1) is 17.9. The zero-order valence-corrected chi connectivity index (χ0v) is 15.2. The number of hydrogen-bond acceptors (Lipinski definition) is 5. The molecular weight excluding hydrogens is 347 g/mol. The van der Waals surface area contributed by atoms with E-state index in [1.807, 2.05) is 4.90 Å². The highest BCUT2D eigenvalue weighted by Gasteiger charge is 2.24. The first-order valence-electron chi connectivity index (χ1n) is 9.48. The number of aromatic nitrogens is 2. The van der Waals surface area contributed by atoms with Crippen LogP contribution >= 0.6 is 0 Å². The average molecular weight is 370 g/mol. The Morgan fingerprint density at radius 1 is 1.19 bits per heavy atom. The van der Waals surface area contributed by atoms with Gasteiger partial charge in [0.1, 0.15) is 5.82 Å². The van der Waals surface area contributed by atoms with E-state index < -0.39 is 5.82 Å². The van der Waals surface area contributed by atoms with Crippen molar-refractivity contribution < 1.29 is 13.9 Å². The van der Waals surface area contributed by atoms with Crippen molar-refractivity contribution in [1.82, 2.24) is 15.3 Å². The van der Waals surface area contributed by atoms with E-state index in [0.29, 0.717) is 49.1 Å². The Morgan fingerprint density at radius 2 is 1.93 bits per heavy atom. The molecule has 0 atom stereocenters. The normalized spacial score (nSPS) is 17.9. The molecule has 2 aliphatic rings. The lowest BCUT2D eigenvalue weighted by Crippen LogP contribution is -2.38. The molecule has 1 aromatic heterocycles. The number of ether oxygens (including phenoxy) is 1. The minimum absolute atomic E-state index is 0.171. The van der Waals surface area contributed by atoms with Gasteiger partial charge in [-0.2, -0.15) is 0 Å². The Bertz CT molecular complexity index is 817. The molecule has 1 aromatic carbocycles. The van der Waals surface area contributed by atoms with Gasteiger partial charge in [-0.3, -0.25) is 4.79 Å². The molecule has 6 nitrogen and oxygen atoms in total. The average Bonchev–Trinajstić information content (AvgIpc) is 3.21. The van der Waals surface area contributed by atoms with E-state index in [2.05, 4.69) is 15.3 Å². The molecule has 1 aliphatic heterocycles. The molecule has 1 N–H and O–H groups in total. The van der Waals surface area contributed by atoms with Gasteiger partial charge in [-0.1, -0.05) is 25.0 Å². The minimum Gasteiger partial charge on any atom is -0.378 e. The Balaban J connectivity index is 1.70. The first-order valence-corrected chi connectivity index (χ1v) is 9.48. The quantitative estimate of drug-likeness (QED) is 0.896. The maximum atomic E-state index is 14.5. The van der Waals surface area contributed by atoms with Crippen LogP contribution in [-0.4, -0.2) is 48.2 Å². The second kappa shape index (κ2) is 8.00. The first-order chi connectivity index (χ1) is 13.2. The molecule has 27 heavy (non-hydrogen) atoms. The molecule has 0 bridgehead atoms. The van der Waals surface area contributed by atoms with Crippen LogP contribution in [0.1, 0.15) is 36.0 Å². The maximum absolute atomic E-state index is 14.5. The van der Waals surface area contributed by atoms with Crippen molar-refractivity contribution in [3.8, 4) is 11.3 Å². The Kier molecular flexibility index (Phi) is 5.29. The number of anilines is 1. The predicted octanol–water partition coefficient (Wildman–Crippen LogP) is 2.79. The molecule has 0 unspecified atom stereocenters. The third-order valence-electron chi connectivity index (χ3n) is 5.13. The third kappa shape index (κ3) is 3.93. The molecule has 2 aromatic rings. The van der Waals surface area contributed by atoms with E-state index in [1.165, 1.54) is 12.3 Å². The molecule has 2 heterocycles. The fourth-order valence-electron chi connectivity index (χ4n) is 3.65. The van der Waals surface area contributed by atoms with Gasteiger partial charge in [0.15, 0.2) is 0 Å². The molecule has 1 saturated carbocycles. The van der Waals surface area contributed by atoms with Crippen LogP contribution < -0.4 is 10.2 Å². The van der Waals surface area contributed by atoms with Crippen LogP contribution in [0.25, 0.3) is 11.3 Å². The zero-order valence-electron chi connectivity index (χ0n) is 15.2. The molecule has 4 rings (SSSR count). The van der Waals surface area contributed by atoms with Crippen molar-refractivity contribution in [1.29, 1.82) is 0 Å². The number of halogens is 1. The summed E-state index contributed by atoms with van der Waals surface area (Å²) in [6.07, 6.45) is 5.72. The Morgan fingerprint density at radius 3 is 2.67 bits per heavy atom. The fourth-order valence-corrected chi connectivity index (χ4v) is 3.65. The molecule has 1 saturated heterocycles. The van der Waals surface area contributed by atoms with E-state index in [9.17, 15) is 9.18 Å². The van der Waals surface area contributed by atoms with Crippen LogP contribution in [0.2, 0.25) is 0 Å². The summed E-state index contributed by atoms with van der Waals surface area (Å²) >= 11 is 0. The van der Waals surface area contributed by atoms with Crippen molar-refractivity contribution in [2.45, 2.75) is 31.7 Å². The molecule has 1 amide bonds. The highest BCUT2D eigenvalue weighted by Crippen LogP contribution is 2.27. The van der Waals surface area contributed by atoms with Gasteiger partial charge < -0.3 is 15.0 Å². The van der Waals surface area contributed by atoms with Gasteiger partial charge in [0.05, 0.1) is 24.5 Å². The summed E-state index contributed by atoms with van der Waals surface area (Å²) in [5.74, 6) is -0.151. The topological polar surface area (TPSA) is 67.4 Å². The largest absolute Gasteiger partial charge is 0.378 e. The molecule has 142 valence electrons. The monoisotopic (exact) mass is 370 g/mol. The molecule has 7 heteroatoms. The van der Waals surface area contributed by atoms with Crippen LogP contribution in [0.3, 0.4) is 0 Å². The number of nitrogens with one attached hydrogen (secondary N) is 1. The predicted molar refractivity (Wildman–Crippen MR) is 100 cm³/mol. The lowest BCUT2D eigenvalue weighted by molar-refractivity contribution is 0.0937. The number of morpholine rings is 1. The highest BCUT2D eigenvalue weighted by atomic mass is 19.1. The van der Waals surface area contributed by atoms with Crippen molar-refractivity contribution in [2.75, 3.05) is 31.2 Å². The van der Waals surface area contributed by atoms with Gasteiger partial charge >= 0.3 is 0 Å². The summed E-state index contributed by atoms with van der Waals surface area (Å²) in [5.41, 5.74) is 0.954. The molecular formula is C20H23FN4O2. The SMILES string of the molecule is O=C(NC1CCCC1)c1cnc(N2CCOCC2)nc1-c1ccccc1F. The molecule has 2 fully saturated rings. The molecule has 1 aliphatic carbocycles. The number of nitrogens with zero attached hydrogens (tertiary/aromatic N) is 3. The van der Waals surface area contributed by atoms with E-state index in [-0.39, 0.29) is 11.9 Å². The standard InChI is InChI=1S/C20H23FN4O2/c21-17-8-4-3-7-15(17)18-16(19(26)23-14-5-1-2-6-14)13-22-20(24-18)25-9-11-27-12-10-25/h3-4,7-8,13-14H,1-2,5-6,9-12H2,(H,23,26). The van der Waals surface area contributed by atoms with Gasteiger partial charge in [-0.15, -0.1) is 0 Å². The Labute approximate surface area is 157 Å². The summed E-state index contributed by atoms with van der Waals surface area (Å²) in [4.78, 5) is 23.8. The highest BCUT2D eigenvalue weighted by molar-refractivity contribution is 6.00. The maximum Gasteiger partial charge on any atom is 0.255 e. The van der Waals surface area contributed by atoms with Crippen LogP contribution in [0.15, 0.2) is 30.5 Å². The van der Waals surface area contributed by atoms with Crippen LogP contribution in [-0.2, 0) is 4.74 Å². The van der Waals surface area contributed by atoms with E-state index in [1.54, 1.807) is 18.2 Å². The number of rotatable bonds is 4. The number of benzene rings is 1. The van der Waals surface area contributed by atoms with E-state index >= 15 is 0 Å². The molecule has 0 radical (unpaired) electrons. The summed E-state index contributed by atoms with van der Waals surface area (Å²) in [6, 6.07) is 6.57. The van der Waals surface area contributed by atoms with E-state index in [0.717, 1.165) is 25.7 Å². The summed E-state index contributed by atoms with van der Waals surface area (Å²) in [6.45, 7) is 2.54. The number of amides is 1. The summed E-state index contributed by atoms with van der Waals surface area (Å²) in [7, 11) is 0. The fraction of sp³-hybridized carbons (Fsp3) is 0.450. The smallest absolute Gasteiger partial charge is 0.255 e. The van der Waals surface area contributed by atoms with Crippen LogP contribution in [0.5, 0.6) is 0 Å². The van der Waals surface area contributed by atoms with E-state index in [4.69, 9.17) is 4.74 Å². The van der Waals surface area contributed by atoms with Crippen molar-refractivity contribution in [3.63, 3.8) is 0 Å². The van der Waals surface area contributed by atoms with Crippen molar-refractivity contribution in [3.05, 3.63) is 41.8 Å². The second-order valence-corrected chi connectivity index (χ2v) is 6.97. The lowest BCUT2D eigenvalue weighted by atomic mass is 10.1. The number of hydrogen-bond donors (Lipinski definition) is 1. The summed E-state index contributed by atoms with van der Waals surface area (Å²) < 4.78 is 19.8. The zero-order chi connectivity index (χ0) is 18.6. The second-order valence-electron chi connectivity index (χ2n) is 6.97. The molecule has 0 spiro atoms. The summed E-state index contributed by atoms with van der Waals surface area (Å²) in [5, 5.41) is 3.05. The van der Waals surface area contributed by atoms with Gasteiger partial charge in [0, 0.05) is 30.9 Å². The van der Waals surface area contributed by atoms with Gasteiger partial charge in [0.2, 0.25) is 5.95 Å². The van der Waals surface area contributed by atoms with Crippen molar-refractivity contribution >= 4 is 11.9 Å². The van der Waals surface area contributed by atoms with Gasteiger partial charge in [-0.05, 0) is 25.0 Å².